The molecule has 1 aromatic carbocycles. The van der Waals surface area contributed by atoms with Crippen LogP contribution in [0.3, 0.4) is 0 Å². The Morgan fingerprint density at radius 2 is 2.00 bits per heavy atom. The molecule has 2 aliphatic rings. The van der Waals surface area contributed by atoms with Crippen molar-refractivity contribution in [2.75, 3.05) is 20.8 Å². The molecule has 0 aliphatic carbocycles. The van der Waals surface area contributed by atoms with Gasteiger partial charge < -0.3 is 19.1 Å². The summed E-state index contributed by atoms with van der Waals surface area (Å²) in [5.41, 5.74) is 0.918. The second-order valence-electron chi connectivity index (χ2n) is 6.00. The lowest BCUT2D eigenvalue weighted by Gasteiger charge is -2.39. The number of benzene rings is 1. The summed E-state index contributed by atoms with van der Waals surface area (Å²) in [6.07, 6.45) is 3.79. The van der Waals surface area contributed by atoms with E-state index in [4.69, 9.17) is 37.4 Å². The Balaban J connectivity index is 2.04. The molecule has 6 nitrogen and oxygen atoms in total. The van der Waals surface area contributed by atoms with Gasteiger partial charge in [0.05, 0.1) is 36.9 Å². The summed E-state index contributed by atoms with van der Waals surface area (Å²) in [6.45, 7) is 2.06. The van der Waals surface area contributed by atoms with Crippen LogP contribution in [0.2, 0.25) is 0 Å². The van der Waals surface area contributed by atoms with Gasteiger partial charge >= 0.3 is 5.97 Å². The van der Waals surface area contributed by atoms with E-state index in [1.165, 1.54) is 0 Å². The number of esters is 1. The van der Waals surface area contributed by atoms with Crippen molar-refractivity contribution < 1.29 is 19.0 Å². The first-order valence-corrected chi connectivity index (χ1v) is 9.23. The van der Waals surface area contributed by atoms with Crippen LogP contribution in [0, 0.1) is 0 Å². The van der Waals surface area contributed by atoms with E-state index in [0.717, 1.165) is 5.56 Å². The van der Waals surface area contributed by atoms with Crippen LogP contribution < -0.4 is 9.47 Å². The molecule has 0 bridgehead atoms. The fourth-order valence-corrected chi connectivity index (χ4v) is 3.71. The van der Waals surface area contributed by atoms with Gasteiger partial charge in [-0.15, -0.1) is 0 Å². The number of amidine groups is 1. The molecule has 3 rings (SSSR count). The average Bonchev–Trinajstić information content (AvgIpc) is 2.66. The smallest absolute Gasteiger partial charge is 0.331 e. The predicted octanol–water partition coefficient (Wildman–Crippen LogP) is 4.00. The molecule has 0 aromatic heterocycles. The summed E-state index contributed by atoms with van der Waals surface area (Å²) in [5.74, 6) is 1.34. The highest BCUT2D eigenvalue weighted by Crippen LogP contribution is 2.40. The van der Waals surface area contributed by atoms with Crippen LogP contribution in [0.25, 0.3) is 0 Å². The topological polar surface area (TPSA) is 60.4 Å². The molecule has 1 aromatic rings. The molecule has 0 fully saturated rings. The van der Waals surface area contributed by atoms with Crippen molar-refractivity contribution in [3.8, 4) is 11.5 Å². The average molecular weight is 411 g/mol. The van der Waals surface area contributed by atoms with Crippen LogP contribution in [0.4, 0.5) is 0 Å². The van der Waals surface area contributed by atoms with Crippen LogP contribution in [0.5, 0.6) is 11.5 Å². The number of nitrogens with zero attached hydrogens (tertiary/aromatic N) is 2. The Labute approximate surface area is 168 Å². The number of hydrogen-bond acceptors (Lipinski definition) is 6. The minimum atomic E-state index is -0.651. The first kappa shape index (κ1) is 19.6. The molecule has 0 amide bonds. The Kier molecular flexibility index (Phi) is 5.97. The van der Waals surface area contributed by atoms with Crippen molar-refractivity contribution >= 4 is 35.0 Å². The monoisotopic (exact) mass is 410 g/mol. The molecule has 0 spiro atoms. The third-order valence-corrected chi connectivity index (χ3v) is 4.88. The number of hydrogen-bond donors (Lipinski definition) is 0. The van der Waals surface area contributed by atoms with Crippen molar-refractivity contribution in [1.82, 2.24) is 4.90 Å². The Hall–Kier alpha value is -2.18. The first-order chi connectivity index (χ1) is 13.0. The molecule has 2 aliphatic heterocycles. The van der Waals surface area contributed by atoms with Gasteiger partial charge in [-0.2, -0.15) is 0 Å². The highest BCUT2D eigenvalue weighted by atomic mass is 35.5. The lowest BCUT2D eigenvalue weighted by atomic mass is 9.94. The number of allylic oxidation sites excluding steroid dienone is 2. The number of carbonyl (C=O) groups is 1. The Morgan fingerprint density at radius 1 is 1.26 bits per heavy atom. The van der Waals surface area contributed by atoms with E-state index >= 15 is 0 Å². The van der Waals surface area contributed by atoms with Crippen molar-refractivity contribution in [3.63, 3.8) is 0 Å². The van der Waals surface area contributed by atoms with Gasteiger partial charge in [0.1, 0.15) is 5.84 Å². The number of ether oxygens (including phenoxy) is 3. The zero-order valence-corrected chi connectivity index (χ0v) is 16.8. The lowest BCUT2D eigenvalue weighted by Crippen LogP contribution is -2.42. The van der Waals surface area contributed by atoms with Gasteiger partial charge in [-0.25, -0.2) is 4.79 Å². The molecule has 144 valence electrons. The molecule has 0 saturated carbocycles. The maximum atomic E-state index is 12.3. The SMILES string of the molecule is CCOC(=O)C1CC(c2ccc(OC)c(OC)c2)N2C=C(Cl)C=C(Cl)C2=N1. The maximum Gasteiger partial charge on any atom is 0.331 e. The second kappa shape index (κ2) is 8.23. The third-order valence-electron chi connectivity index (χ3n) is 4.40. The summed E-state index contributed by atoms with van der Waals surface area (Å²) in [4.78, 5) is 18.7. The molecule has 2 unspecified atom stereocenters. The molecule has 0 saturated heterocycles. The van der Waals surface area contributed by atoms with E-state index in [9.17, 15) is 4.79 Å². The number of carbonyl (C=O) groups excluding carboxylic acids is 1. The van der Waals surface area contributed by atoms with Crippen molar-refractivity contribution in [2.24, 2.45) is 4.99 Å². The zero-order valence-electron chi connectivity index (χ0n) is 15.2. The highest BCUT2D eigenvalue weighted by molar-refractivity contribution is 6.45. The summed E-state index contributed by atoms with van der Waals surface area (Å²) >= 11 is 12.6. The zero-order chi connectivity index (χ0) is 19.6. The van der Waals surface area contributed by atoms with E-state index in [-0.39, 0.29) is 12.0 Å². The summed E-state index contributed by atoms with van der Waals surface area (Å²) in [6, 6.07) is 4.75. The summed E-state index contributed by atoms with van der Waals surface area (Å²) < 4.78 is 15.9. The maximum absolute atomic E-state index is 12.3. The van der Waals surface area contributed by atoms with E-state index in [1.807, 2.05) is 23.1 Å². The molecule has 27 heavy (non-hydrogen) atoms. The number of rotatable bonds is 5. The number of aliphatic imine (C=N–C) groups is 1. The summed E-state index contributed by atoms with van der Waals surface area (Å²) in [5, 5.41) is 0.862. The van der Waals surface area contributed by atoms with E-state index in [2.05, 4.69) is 4.99 Å². The standard InChI is InChI=1S/C19H20Cl2N2O4/c1-4-27-19(24)14-9-15(11-5-6-16(25-2)17(7-11)26-3)23-10-12(20)8-13(21)18(23)22-14/h5-8,10,14-15H,4,9H2,1-3H3. The first-order valence-electron chi connectivity index (χ1n) is 8.48. The molecule has 8 heteroatoms. The molecule has 0 radical (unpaired) electrons. The minimum Gasteiger partial charge on any atom is -0.493 e. The summed E-state index contributed by atoms with van der Waals surface area (Å²) in [7, 11) is 3.16. The Bertz CT molecular complexity index is 835. The van der Waals surface area contributed by atoms with Gasteiger partial charge in [-0.1, -0.05) is 29.3 Å². The van der Waals surface area contributed by atoms with E-state index in [1.54, 1.807) is 33.4 Å². The quantitative estimate of drug-likeness (QED) is 0.686. The fourth-order valence-electron chi connectivity index (χ4n) is 3.18. The van der Waals surface area contributed by atoms with E-state index in [0.29, 0.717) is 40.4 Å². The highest BCUT2D eigenvalue weighted by Gasteiger charge is 2.37. The lowest BCUT2D eigenvalue weighted by molar-refractivity contribution is -0.145. The van der Waals surface area contributed by atoms with Gasteiger partial charge in [0, 0.05) is 12.6 Å². The van der Waals surface area contributed by atoms with Crippen LogP contribution in [-0.4, -0.2) is 43.6 Å². The van der Waals surface area contributed by atoms with Crippen molar-refractivity contribution in [1.29, 1.82) is 0 Å². The van der Waals surface area contributed by atoms with Crippen molar-refractivity contribution in [3.05, 3.63) is 46.1 Å². The number of fused-ring (bicyclic) bond motifs is 1. The van der Waals surface area contributed by atoms with Gasteiger partial charge in [-0.3, -0.25) is 4.99 Å². The molecule has 2 atom stereocenters. The number of halogens is 2. The molecular formula is C19H20Cl2N2O4. The molecule has 2 heterocycles. The fraction of sp³-hybridized carbons (Fsp3) is 0.368. The molecule has 0 N–H and O–H groups in total. The van der Waals surface area contributed by atoms with Gasteiger partial charge in [0.2, 0.25) is 0 Å². The minimum absolute atomic E-state index is 0.220. The van der Waals surface area contributed by atoms with Crippen molar-refractivity contribution in [2.45, 2.75) is 25.4 Å². The Morgan fingerprint density at radius 3 is 2.67 bits per heavy atom. The van der Waals surface area contributed by atoms with Crippen LogP contribution in [-0.2, 0) is 9.53 Å². The van der Waals surface area contributed by atoms with Gasteiger partial charge in [0.25, 0.3) is 0 Å². The van der Waals surface area contributed by atoms with Gasteiger partial charge in [-0.05, 0) is 30.7 Å². The largest absolute Gasteiger partial charge is 0.493 e. The van der Waals surface area contributed by atoms with E-state index < -0.39 is 6.04 Å². The normalized spacial score (nSPS) is 21.5. The van der Waals surface area contributed by atoms with Crippen LogP contribution in [0.15, 0.2) is 45.5 Å². The predicted molar refractivity (Wildman–Crippen MR) is 104 cm³/mol. The third kappa shape index (κ3) is 3.92. The second-order valence-corrected chi connectivity index (χ2v) is 6.84. The van der Waals surface area contributed by atoms with Crippen LogP contribution in [0.1, 0.15) is 24.9 Å². The van der Waals surface area contributed by atoms with Gasteiger partial charge in [0.15, 0.2) is 17.5 Å². The molecular weight excluding hydrogens is 391 g/mol. The van der Waals surface area contributed by atoms with Crippen LogP contribution >= 0.6 is 23.2 Å². The number of methoxy groups -OCH3 is 2.